The molecule has 0 bridgehead atoms. The van der Waals surface area contributed by atoms with E-state index in [1.807, 2.05) is 0 Å². The van der Waals surface area contributed by atoms with Crippen LogP contribution in [0.25, 0.3) is 0 Å². The van der Waals surface area contributed by atoms with Gasteiger partial charge in [0.05, 0.1) is 25.4 Å². The Morgan fingerprint density at radius 1 is 0.927 bits per heavy atom. The van der Waals surface area contributed by atoms with Crippen molar-refractivity contribution < 1.29 is 37.5 Å². The molecule has 0 N–H and O–H groups in total. The molecule has 16 heteroatoms. The number of amides is 1. The molecule has 12 nitrogen and oxygen atoms in total. The van der Waals surface area contributed by atoms with Gasteiger partial charge in [-0.15, -0.1) is 0 Å². The SMILES string of the molecule is Cc1cc([N+](=O)[O-])c(N(C(=O)c2cc(Oc3ccc(C(F)(F)F)cc3Cl)ccc2[N+](=O)[O-])C(C)C)c([N+](=O)[O-])c1C. The van der Waals surface area contributed by atoms with Gasteiger partial charge in [-0.3, -0.25) is 40.0 Å². The number of halogens is 4. The second kappa shape index (κ2) is 11.4. The molecule has 3 aromatic carbocycles. The third kappa shape index (κ3) is 6.19. The zero-order valence-corrected chi connectivity index (χ0v) is 22.4. The molecule has 0 aromatic heterocycles. The molecule has 3 rings (SSSR count). The van der Waals surface area contributed by atoms with Crippen molar-refractivity contribution in [3.05, 3.63) is 100 Å². The van der Waals surface area contributed by atoms with E-state index in [1.54, 1.807) is 0 Å². The molecule has 216 valence electrons. The van der Waals surface area contributed by atoms with E-state index in [-0.39, 0.29) is 22.6 Å². The maximum absolute atomic E-state index is 13.9. The second-order valence-electron chi connectivity index (χ2n) is 9.00. The van der Waals surface area contributed by atoms with Crippen molar-refractivity contribution in [1.82, 2.24) is 0 Å². The quantitative estimate of drug-likeness (QED) is 0.190. The summed E-state index contributed by atoms with van der Waals surface area (Å²) in [5.41, 5.74) is -4.41. The molecule has 0 saturated heterocycles. The highest BCUT2D eigenvalue weighted by molar-refractivity contribution is 6.32. The van der Waals surface area contributed by atoms with Gasteiger partial charge in [-0.2, -0.15) is 13.2 Å². The van der Waals surface area contributed by atoms with Crippen LogP contribution in [0.4, 0.5) is 35.9 Å². The molecule has 1 amide bonds. The molecule has 0 fully saturated rings. The monoisotopic (exact) mass is 596 g/mol. The van der Waals surface area contributed by atoms with Crippen LogP contribution < -0.4 is 9.64 Å². The van der Waals surface area contributed by atoms with Crippen molar-refractivity contribution >= 4 is 40.3 Å². The number of benzene rings is 3. The topological polar surface area (TPSA) is 159 Å². The van der Waals surface area contributed by atoms with E-state index in [0.29, 0.717) is 17.0 Å². The normalized spacial score (nSPS) is 11.3. The number of nitro groups is 3. The summed E-state index contributed by atoms with van der Waals surface area (Å²) in [6.45, 7) is 5.55. The third-order valence-corrected chi connectivity index (χ3v) is 6.30. The van der Waals surface area contributed by atoms with Crippen LogP contribution in [0.15, 0.2) is 42.5 Å². The van der Waals surface area contributed by atoms with Crippen molar-refractivity contribution in [2.75, 3.05) is 4.90 Å². The van der Waals surface area contributed by atoms with E-state index in [4.69, 9.17) is 16.3 Å². The number of hydrogen-bond donors (Lipinski definition) is 0. The smallest absolute Gasteiger partial charge is 0.416 e. The summed E-state index contributed by atoms with van der Waals surface area (Å²) < 4.78 is 44.4. The number of aryl methyl sites for hydroxylation is 1. The average molecular weight is 597 g/mol. The zero-order valence-electron chi connectivity index (χ0n) is 21.7. The first kappa shape index (κ1) is 30.7. The molecule has 0 saturated carbocycles. The van der Waals surface area contributed by atoms with E-state index >= 15 is 0 Å². The highest BCUT2D eigenvalue weighted by atomic mass is 35.5. The van der Waals surface area contributed by atoms with Gasteiger partial charge in [0.1, 0.15) is 17.1 Å². The summed E-state index contributed by atoms with van der Waals surface area (Å²) >= 11 is 5.93. The Morgan fingerprint density at radius 2 is 1.54 bits per heavy atom. The van der Waals surface area contributed by atoms with Crippen molar-refractivity contribution in [2.45, 2.75) is 39.9 Å². The molecular formula is C25H20ClF3N4O8. The zero-order chi connectivity index (χ0) is 31.0. The van der Waals surface area contributed by atoms with E-state index < -0.39 is 71.8 Å². The minimum Gasteiger partial charge on any atom is -0.456 e. The largest absolute Gasteiger partial charge is 0.456 e. The van der Waals surface area contributed by atoms with Gasteiger partial charge < -0.3 is 4.74 Å². The van der Waals surface area contributed by atoms with Crippen molar-refractivity contribution in [3.63, 3.8) is 0 Å². The van der Waals surface area contributed by atoms with Gasteiger partial charge in [0.2, 0.25) is 5.69 Å². The Labute approximate surface area is 234 Å². The van der Waals surface area contributed by atoms with Crippen LogP contribution >= 0.6 is 11.6 Å². The Kier molecular flexibility index (Phi) is 8.52. The third-order valence-electron chi connectivity index (χ3n) is 6.00. The lowest BCUT2D eigenvalue weighted by Gasteiger charge is -2.27. The number of carbonyl (C=O) groups excluding carboxylic acids is 1. The molecule has 0 unspecified atom stereocenters. The fourth-order valence-corrected chi connectivity index (χ4v) is 4.21. The Balaban J connectivity index is 2.22. The number of hydrogen-bond acceptors (Lipinski definition) is 8. The number of nitro benzene ring substituents is 3. The number of alkyl halides is 3. The number of anilines is 1. The molecule has 0 heterocycles. The van der Waals surface area contributed by atoms with Crippen LogP contribution in [0.1, 0.15) is 40.9 Å². The highest BCUT2D eigenvalue weighted by Gasteiger charge is 2.39. The van der Waals surface area contributed by atoms with Gasteiger partial charge in [0.25, 0.3) is 17.3 Å². The fourth-order valence-electron chi connectivity index (χ4n) is 3.99. The summed E-state index contributed by atoms with van der Waals surface area (Å²) in [6, 6.07) is 5.12. The van der Waals surface area contributed by atoms with Crippen LogP contribution in [0.2, 0.25) is 5.02 Å². The van der Waals surface area contributed by atoms with Gasteiger partial charge in [-0.05, 0) is 57.5 Å². The van der Waals surface area contributed by atoms with E-state index in [1.165, 1.54) is 27.7 Å². The second-order valence-corrected chi connectivity index (χ2v) is 9.41. The molecule has 41 heavy (non-hydrogen) atoms. The van der Waals surface area contributed by atoms with Gasteiger partial charge >= 0.3 is 11.9 Å². The molecule has 3 aromatic rings. The highest BCUT2D eigenvalue weighted by Crippen LogP contribution is 2.44. The fraction of sp³-hybridized carbons (Fsp3) is 0.240. The minimum absolute atomic E-state index is 0.0394. The summed E-state index contributed by atoms with van der Waals surface area (Å²) in [4.78, 5) is 47.6. The first-order valence-corrected chi connectivity index (χ1v) is 11.9. The molecule has 0 aliphatic rings. The average Bonchev–Trinajstić information content (AvgIpc) is 2.85. The molecule has 0 aliphatic carbocycles. The van der Waals surface area contributed by atoms with E-state index in [2.05, 4.69) is 0 Å². The maximum Gasteiger partial charge on any atom is 0.416 e. The molecule has 0 aliphatic heterocycles. The van der Waals surface area contributed by atoms with Crippen LogP contribution in [0.5, 0.6) is 11.5 Å². The van der Waals surface area contributed by atoms with Gasteiger partial charge in [0.15, 0.2) is 0 Å². The van der Waals surface area contributed by atoms with Crippen LogP contribution in [0, 0.1) is 44.2 Å². The van der Waals surface area contributed by atoms with Crippen LogP contribution in [-0.2, 0) is 6.18 Å². The van der Waals surface area contributed by atoms with E-state index in [9.17, 15) is 48.3 Å². The number of carbonyl (C=O) groups is 1. The standard InChI is InChI=1S/C25H20ClF3N4O8/c1-12(2)30(23-20(32(37)38)9-13(3)14(4)22(23)33(39)40)24(34)17-11-16(6-7-19(17)31(35)36)41-21-8-5-15(10-18(21)26)25(27,28)29/h5-12H,1-4H3. The predicted octanol–water partition coefficient (Wildman–Crippen LogP) is 7.55. The van der Waals surface area contributed by atoms with Crippen molar-refractivity contribution in [1.29, 1.82) is 0 Å². The number of ether oxygens (including phenoxy) is 1. The van der Waals surface area contributed by atoms with Crippen molar-refractivity contribution in [2.24, 2.45) is 0 Å². The first-order chi connectivity index (χ1) is 18.9. The summed E-state index contributed by atoms with van der Waals surface area (Å²) in [5, 5.41) is 35.3. The van der Waals surface area contributed by atoms with Crippen molar-refractivity contribution in [3.8, 4) is 11.5 Å². The maximum atomic E-state index is 13.9. The first-order valence-electron chi connectivity index (χ1n) is 11.5. The lowest BCUT2D eigenvalue weighted by Crippen LogP contribution is -2.38. The predicted molar refractivity (Wildman–Crippen MR) is 141 cm³/mol. The number of rotatable bonds is 8. The van der Waals surface area contributed by atoms with Gasteiger partial charge in [0, 0.05) is 29.8 Å². The summed E-state index contributed by atoms with van der Waals surface area (Å²) in [7, 11) is 0. The van der Waals surface area contributed by atoms with Crippen LogP contribution in [0.3, 0.4) is 0 Å². The Bertz CT molecular complexity index is 1590. The Morgan fingerprint density at radius 3 is 2.02 bits per heavy atom. The van der Waals surface area contributed by atoms with E-state index in [0.717, 1.165) is 30.3 Å². The molecule has 0 spiro atoms. The Hall–Kier alpha value is -4.79. The molecule has 0 radical (unpaired) electrons. The van der Waals surface area contributed by atoms with Gasteiger partial charge in [-0.1, -0.05) is 11.6 Å². The summed E-state index contributed by atoms with van der Waals surface area (Å²) in [5.74, 6) is -1.73. The number of nitrogens with zero attached hydrogens (tertiary/aromatic N) is 4. The minimum atomic E-state index is -4.69. The lowest BCUT2D eigenvalue weighted by molar-refractivity contribution is -0.393. The molecule has 0 atom stereocenters. The summed E-state index contributed by atoms with van der Waals surface area (Å²) in [6.07, 6.45) is -4.69. The molecular weight excluding hydrogens is 577 g/mol. The lowest BCUT2D eigenvalue weighted by atomic mass is 10.0. The van der Waals surface area contributed by atoms with Crippen LogP contribution in [-0.4, -0.2) is 26.7 Å². The van der Waals surface area contributed by atoms with Gasteiger partial charge in [-0.25, -0.2) is 0 Å².